The second-order valence-electron chi connectivity index (χ2n) is 3.08. The lowest BCUT2D eigenvalue weighted by atomic mass is 10.2. The van der Waals surface area contributed by atoms with Gasteiger partial charge in [0, 0.05) is 0 Å². The largest absolute Gasteiger partial charge is 0.449 e. The molecule has 4 heteroatoms. The maximum atomic E-state index is 5.55. The van der Waals surface area contributed by atoms with Crippen LogP contribution in [-0.4, -0.2) is 12.7 Å². The van der Waals surface area contributed by atoms with E-state index in [1.165, 1.54) is 0 Å². The molecule has 0 N–H and O–H groups in total. The predicted molar refractivity (Wildman–Crippen MR) is 50.3 cm³/mol. The Hall–Kier alpha value is -0.320. The first-order valence-electron chi connectivity index (χ1n) is 4.28. The molecule has 0 saturated carbocycles. The van der Waals surface area contributed by atoms with Crippen LogP contribution in [-0.2, 0) is 9.47 Å². The zero-order valence-electron chi connectivity index (χ0n) is 7.33. The molecule has 1 aromatic rings. The van der Waals surface area contributed by atoms with E-state index in [1.807, 2.05) is 19.1 Å². The van der Waals surface area contributed by atoms with E-state index in [9.17, 15) is 0 Å². The minimum atomic E-state index is -0.338. The van der Waals surface area contributed by atoms with Crippen molar-refractivity contribution in [3.8, 4) is 0 Å². The maximum absolute atomic E-state index is 5.55. The summed E-state index contributed by atoms with van der Waals surface area (Å²) in [6, 6.07) is 3.69. The summed E-state index contributed by atoms with van der Waals surface area (Å²) in [6.07, 6.45) is 0.843. The molecule has 1 saturated heterocycles. The smallest absolute Gasteiger partial charge is 0.217 e. The summed E-state index contributed by atoms with van der Waals surface area (Å²) < 4.78 is 17.0. The van der Waals surface area contributed by atoms with Gasteiger partial charge in [-0.05, 0) is 41.4 Å². The van der Waals surface area contributed by atoms with Crippen LogP contribution in [0.5, 0.6) is 0 Å². The van der Waals surface area contributed by atoms with Gasteiger partial charge in [0.1, 0.15) is 0 Å². The van der Waals surface area contributed by atoms with Gasteiger partial charge in [0.2, 0.25) is 6.29 Å². The fraction of sp³-hybridized carbons (Fsp3) is 0.556. The van der Waals surface area contributed by atoms with Crippen molar-refractivity contribution in [3.05, 3.63) is 22.6 Å². The van der Waals surface area contributed by atoms with E-state index >= 15 is 0 Å². The van der Waals surface area contributed by atoms with Crippen molar-refractivity contribution in [1.29, 1.82) is 0 Å². The topological polar surface area (TPSA) is 31.6 Å². The Morgan fingerprint density at radius 2 is 2.31 bits per heavy atom. The Bertz CT molecular complexity index is 284. The fourth-order valence-corrected chi connectivity index (χ4v) is 1.58. The monoisotopic (exact) mass is 246 g/mol. The second-order valence-corrected chi connectivity index (χ2v) is 3.86. The number of rotatable bonds is 1. The average Bonchev–Trinajstić information content (AvgIpc) is 2.52. The average molecular weight is 247 g/mol. The Morgan fingerprint density at radius 3 is 2.92 bits per heavy atom. The first-order valence-corrected chi connectivity index (χ1v) is 5.07. The molecule has 0 spiro atoms. The lowest BCUT2D eigenvalue weighted by molar-refractivity contribution is -0.220. The first-order chi connectivity index (χ1) is 6.25. The van der Waals surface area contributed by atoms with Crippen molar-refractivity contribution in [1.82, 2.24) is 0 Å². The van der Waals surface area contributed by atoms with Gasteiger partial charge in [-0.1, -0.05) is 0 Å². The zero-order valence-corrected chi connectivity index (χ0v) is 8.91. The van der Waals surface area contributed by atoms with Crippen LogP contribution in [0.4, 0.5) is 0 Å². The van der Waals surface area contributed by atoms with Gasteiger partial charge < -0.3 is 13.9 Å². The van der Waals surface area contributed by atoms with Crippen molar-refractivity contribution < 1.29 is 13.9 Å². The second kappa shape index (κ2) is 3.82. The van der Waals surface area contributed by atoms with E-state index in [-0.39, 0.29) is 12.4 Å². The number of hydrogen-bond donors (Lipinski definition) is 0. The van der Waals surface area contributed by atoms with Crippen LogP contribution < -0.4 is 0 Å². The van der Waals surface area contributed by atoms with Gasteiger partial charge in [-0.2, -0.15) is 0 Å². The molecule has 2 unspecified atom stereocenters. The molecule has 0 aromatic carbocycles. The van der Waals surface area contributed by atoms with Crippen LogP contribution in [0.25, 0.3) is 0 Å². The van der Waals surface area contributed by atoms with Gasteiger partial charge in [-0.3, -0.25) is 0 Å². The highest BCUT2D eigenvalue weighted by Crippen LogP contribution is 2.28. The molecule has 0 radical (unpaired) electrons. The Balaban J connectivity index is 2.08. The molecule has 1 fully saturated rings. The van der Waals surface area contributed by atoms with Crippen LogP contribution in [0, 0.1) is 0 Å². The molecule has 0 amide bonds. The lowest BCUT2D eigenvalue weighted by Gasteiger charge is -2.26. The zero-order chi connectivity index (χ0) is 9.26. The van der Waals surface area contributed by atoms with E-state index < -0.39 is 0 Å². The Kier molecular flexibility index (Phi) is 2.71. The third-order valence-corrected chi connectivity index (χ3v) is 2.40. The number of hydrogen-bond acceptors (Lipinski definition) is 3. The van der Waals surface area contributed by atoms with Gasteiger partial charge >= 0.3 is 0 Å². The summed E-state index contributed by atoms with van der Waals surface area (Å²) >= 11 is 3.24. The van der Waals surface area contributed by atoms with Gasteiger partial charge in [-0.25, -0.2) is 0 Å². The molecule has 1 aliphatic heterocycles. The van der Waals surface area contributed by atoms with Gasteiger partial charge in [0.15, 0.2) is 10.4 Å². The fourth-order valence-electron chi connectivity index (χ4n) is 1.26. The summed E-state index contributed by atoms with van der Waals surface area (Å²) in [5.41, 5.74) is 0. The Morgan fingerprint density at radius 1 is 1.46 bits per heavy atom. The number of ether oxygens (including phenoxy) is 2. The molecule has 3 nitrogen and oxygen atoms in total. The summed E-state index contributed by atoms with van der Waals surface area (Å²) in [6.45, 7) is 2.76. The van der Waals surface area contributed by atoms with E-state index in [1.54, 1.807) is 0 Å². The van der Waals surface area contributed by atoms with Crippen LogP contribution in [0.15, 0.2) is 21.2 Å². The van der Waals surface area contributed by atoms with Crippen molar-refractivity contribution in [2.24, 2.45) is 0 Å². The molecule has 72 valence electrons. The van der Waals surface area contributed by atoms with Crippen molar-refractivity contribution >= 4 is 15.9 Å². The summed E-state index contributed by atoms with van der Waals surface area (Å²) in [4.78, 5) is 0. The van der Waals surface area contributed by atoms with Crippen molar-refractivity contribution in [2.75, 3.05) is 6.61 Å². The van der Waals surface area contributed by atoms with Crippen LogP contribution >= 0.6 is 15.9 Å². The van der Waals surface area contributed by atoms with E-state index in [0.717, 1.165) is 18.8 Å². The molecule has 13 heavy (non-hydrogen) atoms. The normalized spacial score (nSPS) is 29.1. The standard InChI is InChI=1S/C9H11BrO3/c1-6-4-5-11-9(12-6)7-2-3-8(10)13-7/h2-3,6,9H,4-5H2,1H3. The quantitative estimate of drug-likeness (QED) is 0.764. The van der Waals surface area contributed by atoms with E-state index in [0.29, 0.717) is 4.67 Å². The third-order valence-electron chi connectivity index (χ3n) is 1.98. The van der Waals surface area contributed by atoms with E-state index in [2.05, 4.69) is 15.9 Å². The molecule has 0 bridgehead atoms. The number of furan rings is 1. The van der Waals surface area contributed by atoms with Gasteiger partial charge in [0.25, 0.3) is 0 Å². The van der Waals surface area contributed by atoms with Crippen LogP contribution in [0.1, 0.15) is 25.4 Å². The third kappa shape index (κ3) is 2.13. The molecule has 2 atom stereocenters. The highest BCUT2D eigenvalue weighted by Gasteiger charge is 2.23. The maximum Gasteiger partial charge on any atom is 0.217 e. The minimum absolute atomic E-state index is 0.239. The molecule has 0 aliphatic carbocycles. The highest BCUT2D eigenvalue weighted by atomic mass is 79.9. The summed E-state index contributed by atoms with van der Waals surface area (Å²) in [5, 5.41) is 0. The van der Waals surface area contributed by atoms with Crippen molar-refractivity contribution in [3.63, 3.8) is 0 Å². The molecular formula is C9H11BrO3. The lowest BCUT2D eigenvalue weighted by Crippen LogP contribution is -2.24. The van der Waals surface area contributed by atoms with Crippen molar-refractivity contribution in [2.45, 2.75) is 25.7 Å². The minimum Gasteiger partial charge on any atom is -0.449 e. The van der Waals surface area contributed by atoms with Crippen LogP contribution in [0.3, 0.4) is 0 Å². The molecule has 2 rings (SSSR count). The molecule has 1 aliphatic rings. The molecule has 2 heterocycles. The molecule has 1 aromatic heterocycles. The predicted octanol–water partition coefficient (Wildman–Crippen LogP) is 2.87. The molecular weight excluding hydrogens is 236 g/mol. The first kappa shape index (κ1) is 9.24. The van der Waals surface area contributed by atoms with Gasteiger partial charge in [0.05, 0.1) is 12.7 Å². The summed E-state index contributed by atoms with van der Waals surface area (Å²) in [5.74, 6) is 0.721. The highest BCUT2D eigenvalue weighted by molar-refractivity contribution is 9.10. The van der Waals surface area contributed by atoms with Gasteiger partial charge in [-0.15, -0.1) is 0 Å². The van der Waals surface area contributed by atoms with E-state index in [4.69, 9.17) is 13.9 Å². The van der Waals surface area contributed by atoms with Crippen LogP contribution in [0.2, 0.25) is 0 Å². The Labute approximate surface area is 85.1 Å². The summed E-state index contributed by atoms with van der Waals surface area (Å²) in [7, 11) is 0. The SMILES string of the molecule is CC1CCOC(c2ccc(Br)o2)O1. The number of halogens is 1.